The minimum absolute atomic E-state index is 0.242. The number of anilines is 1. The third-order valence-corrected chi connectivity index (χ3v) is 4.43. The van der Waals surface area contributed by atoms with Crippen LogP contribution >= 0.6 is 0 Å². The van der Waals surface area contributed by atoms with Crippen molar-refractivity contribution in [2.24, 2.45) is 0 Å². The quantitative estimate of drug-likeness (QED) is 0.785. The summed E-state index contributed by atoms with van der Waals surface area (Å²) in [5.74, 6) is -1.87. The van der Waals surface area contributed by atoms with Gasteiger partial charge < -0.3 is 15.3 Å². The van der Waals surface area contributed by atoms with Crippen LogP contribution in [0.25, 0.3) is 0 Å². The monoisotopic (exact) mass is 368 g/mol. The van der Waals surface area contributed by atoms with E-state index < -0.39 is 17.4 Å². The molecule has 0 aromatic heterocycles. The van der Waals surface area contributed by atoms with Gasteiger partial charge in [-0.2, -0.15) is 0 Å². The van der Waals surface area contributed by atoms with Crippen LogP contribution in [0.5, 0.6) is 0 Å². The largest absolute Gasteiger partial charge is 0.480 e. The maximum atomic E-state index is 12.7. The second-order valence-electron chi connectivity index (χ2n) is 6.62. The van der Waals surface area contributed by atoms with Crippen LogP contribution in [0, 0.1) is 0 Å². The van der Waals surface area contributed by atoms with Crippen molar-refractivity contribution in [3.05, 3.63) is 65.7 Å². The highest BCUT2D eigenvalue weighted by Gasteiger charge is 2.34. The summed E-state index contributed by atoms with van der Waals surface area (Å²) in [5.41, 5.74) is -0.0293. The highest BCUT2D eigenvalue weighted by atomic mass is 16.4. The van der Waals surface area contributed by atoms with Crippen LogP contribution in [0.2, 0.25) is 0 Å². The van der Waals surface area contributed by atoms with Crippen LogP contribution in [-0.4, -0.2) is 35.5 Å². The van der Waals surface area contributed by atoms with Gasteiger partial charge in [-0.3, -0.25) is 9.59 Å². The van der Waals surface area contributed by atoms with Crippen molar-refractivity contribution in [1.29, 1.82) is 0 Å². The molecule has 0 heterocycles. The second kappa shape index (κ2) is 8.49. The number of carboxylic acid groups (broad SMARTS) is 1. The number of carbonyl (C=O) groups excluding carboxylic acids is 2. The van der Waals surface area contributed by atoms with Crippen molar-refractivity contribution in [1.82, 2.24) is 5.32 Å². The summed E-state index contributed by atoms with van der Waals surface area (Å²) in [6.45, 7) is 3.33. The van der Waals surface area contributed by atoms with E-state index in [9.17, 15) is 19.5 Å². The molecular weight excluding hydrogens is 344 g/mol. The second-order valence-corrected chi connectivity index (χ2v) is 6.62. The molecule has 0 bridgehead atoms. The SMILES string of the molecule is CCCC(C)(NC(=O)c1cccc(C(=O)N(C)c2ccccc2)c1)C(=O)O. The number of hydrogen-bond donors (Lipinski definition) is 2. The van der Waals surface area contributed by atoms with E-state index in [0.717, 1.165) is 5.69 Å². The molecule has 0 aliphatic carbocycles. The molecule has 1 unspecified atom stereocenters. The Morgan fingerprint density at radius 3 is 2.26 bits per heavy atom. The molecule has 0 fully saturated rings. The third-order valence-electron chi connectivity index (χ3n) is 4.43. The third kappa shape index (κ3) is 4.73. The first-order valence-corrected chi connectivity index (χ1v) is 8.77. The Kier molecular flexibility index (Phi) is 6.34. The summed E-state index contributed by atoms with van der Waals surface area (Å²) in [4.78, 5) is 38.3. The molecule has 1 atom stereocenters. The van der Waals surface area contributed by atoms with Crippen LogP contribution in [0.1, 0.15) is 47.4 Å². The normalized spacial score (nSPS) is 12.7. The molecule has 2 amide bonds. The Morgan fingerprint density at radius 1 is 1.04 bits per heavy atom. The lowest BCUT2D eigenvalue weighted by molar-refractivity contribution is -0.144. The average molecular weight is 368 g/mol. The Balaban J connectivity index is 2.22. The molecule has 2 rings (SSSR count). The predicted molar refractivity (Wildman–Crippen MR) is 104 cm³/mol. The minimum atomic E-state index is -1.35. The van der Waals surface area contributed by atoms with E-state index in [-0.39, 0.29) is 11.5 Å². The number of benzene rings is 2. The number of hydrogen-bond acceptors (Lipinski definition) is 3. The predicted octanol–water partition coefficient (Wildman–Crippen LogP) is 3.34. The van der Waals surface area contributed by atoms with Crippen LogP contribution in [0.4, 0.5) is 5.69 Å². The van der Waals surface area contributed by atoms with Crippen molar-refractivity contribution < 1.29 is 19.5 Å². The Bertz CT molecular complexity index is 835. The topological polar surface area (TPSA) is 86.7 Å². The van der Waals surface area contributed by atoms with Gasteiger partial charge in [0, 0.05) is 23.9 Å². The lowest BCUT2D eigenvalue weighted by Gasteiger charge is -2.26. The summed E-state index contributed by atoms with van der Waals surface area (Å²) in [7, 11) is 1.66. The number of para-hydroxylation sites is 1. The van der Waals surface area contributed by atoms with E-state index in [2.05, 4.69) is 5.32 Å². The van der Waals surface area contributed by atoms with Crippen molar-refractivity contribution in [3.8, 4) is 0 Å². The molecule has 2 aromatic carbocycles. The number of carbonyl (C=O) groups is 3. The standard InChI is InChI=1S/C21H24N2O4/c1-4-13-21(2,20(26)27)22-18(24)15-9-8-10-16(14-15)19(25)23(3)17-11-6-5-7-12-17/h5-12,14H,4,13H2,1-3H3,(H,22,24)(H,26,27). The van der Waals surface area contributed by atoms with Gasteiger partial charge in [0.05, 0.1) is 0 Å². The van der Waals surface area contributed by atoms with E-state index >= 15 is 0 Å². The highest BCUT2D eigenvalue weighted by molar-refractivity contribution is 6.07. The molecular formula is C21H24N2O4. The van der Waals surface area contributed by atoms with E-state index in [1.165, 1.54) is 17.9 Å². The lowest BCUT2D eigenvalue weighted by Crippen LogP contribution is -2.52. The van der Waals surface area contributed by atoms with Crippen molar-refractivity contribution in [2.45, 2.75) is 32.2 Å². The van der Waals surface area contributed by atoms with Crippen LogP contribution in [0.15, 0.2) is 54.6 Å². The van der Waals surface area contributed by atoms with Gasteiger partial charge >= 0.3 is 5.97 Å². The summed E-state index contributed by atoms with van der Waals surface area (Å²) in [5, 5.41) is 12.0. The van der Waals surface area contributed by atoms with E-state index in [1.807, 2.05) is 37.3 Å². The van der Waals surface area contributed by atoms with E-state index in [0.29, 0.717) is 18.4 Å². The molecule has 27 heavy (non-hydrogen) atoms. The zero-order valence-electron chi connectivity index (χ0n) is 15.7. The van der Waals surface area contributed by atoms with Gasteiger partial charge in [0.15, 0.2) is 0 Å². The Morgan fingerprint density at radius 2 is 1.67 bits per heavy atom. The molecule has 0 aliphatic rings. The Hall–Kier alpha value is -3.15. The molecule has 6 nitrogen and oxygen atoms in total. The molecule has 0 aliphatic heterocycles. The number of nitrogens with zero attached hydrogens (tertiary/aromatic N) is 1. The smallest absolute Gasteiger partial charge is 0.329 e. The molecule has 2 N–H and O–H groups in total. The highest BCUT2D eigenvalue weighted by Crippen LogP contribution is 2.17. The van der Waals surface area contributed by atoms with Crippen molar-refractivity contribution >= 4 is 23.5 Å². The van der Waals surface area contributed by atoms with Gasteiger partial charge in [-0.15, -0.1) is 0 Å². The maximum Gasteiger partial charge on any atom is 0.329 e. The first kappa shape index (κ1) is 20.2. The van der Waals surface area contributed by atoms with Gasteiger partial charge in [0.2, 0.25) is 0 Å². The summed E-state index contributed by atoms with van der Waals surface area (Å²) < 4.78 is 0. The number of nitrogens with one attached hydrogen (secondary N) is 1. The molecule has 0 saturated carbocycles. The van der Waals surface area contributed by atoms with Gasteiger partial charge in [-0.1, -0.05) is 37.6 Å². The van der Waals surface area contributed by atoms with Crippen molar-refractivity contribution in [3.63, 3.8) is 0 Å². The maximum absolute atomic E-state index is 12.7. The first-order chi connectivity index (χ1) is 12.8. The minimum Gasteiger partial charge on any atom is -0.480 e. The number of aliphatic carboxylic acids is 1. The van der Waals surface area contributed by atoms with E-state index in [1.54, 1.807) is 25.2 Å². The van der Waals surface area contributed by atoms with Crippen LogP contribution in [0.3, 0.4) is 0 Å². The molecule has 0 spiro atoms. The fourth-order valence-electron chi connectivity index (χ4n) is 2.80. The van der Waals surface area contributed by atoms with E-state index in [4.69, 9.17) is 0 Å². The zero-order chi connectivity index (χ0) is 20.0. The van der Waals surface area contributed by atoms with Crippen LogP contribution in [-0.2, 0) is 4.79 Å². The Labute approximate surface area is 158 Å². The molecule has 142 valence electrons. The van der Waals surface area contributed by atoms with Crippen molar-refractivity contribution in [2.75, 3.05) is 11.9 Å². The van der Waals surface area contributed by atoms with Crippen LogP contribution < -0.4 is 10.2 Å². The number of carboxylic acids is 1. The molecule has 0 saturated heterocycles. The van der Waals surface area contributed by atoms with Gasteiger partial charge in [0.1, 0.15) is 5.54 Å². The number of amides is 2. The fourth-order valence-corrected chi connectivity index (χ4v) is 2.80. The zero-order valence-corrected chi connectivity index (χ0v) is 15.7. The molecule has 0 radical (unpaired) electrons. The first-order valence-electron chi connectivity index (χ1n) is 8.77. The molecule has 6 heteroatoms. The number of rotatable bonds is 7. The fraction of sp³-hybridized carbons (Fsp3) is 0.286. The summed E-state index contributed by atoms with van der Waals surface area (Å²) in [6, 6.07) is 15.4. The lowest BCUT2D eigenvalue weighted by atomic mass is 9.95. The van der Waals surface area contributed by atoms with Gasteiger partial charge in [-0.25, -0.2) is 4.79 Å². The summed E-state index contributed by atoms with van der Waals surface area (Å²) in [6.07, 6.45) is 0.924. The summed E-state index contributed by atoms with van der Waals surface area (Å²) >= 11 is 0. The van der Waals surface area contributed by atoms with Gasteiger partial charge in [0.25, 0.3) is 11.8 Å². The average Bonchev–Trinajstić information content (AvgIpc) is 2.67. The van der Waals surface area contributed by atoms with Gasteiger partial charge in [-0.05, 0) is 43.7 Å². The molecule has 2 aromatic rings.